The van der Waals surface area contributed by atoms with Crippen LogP contribution < -0.4 is 11.3 Å². The molecule has 0 aliphatic rings. The molecule has 3 aromatic rings. The first-order chi connectivity index (χ1) is 13.5. The summed E-state index contributed by atoms with van der Waals surface area (Å²) in [5.41, 5.74) is 8.60. The number of carbonyl (C=O) groups excluding carboxylic acids is 1. The first-order valence-corrected chi connectivity index (χ1v) is 9.73. The fourth-order valence-corrected chi connectivity index (χ4v) is 3.49. The van der Waals surface area contributed by atoms with Gasteiger partial charge in [0.05, 0.1) is 16.8 Å². The van der Waals surface area contributed by atoms with E-state index in [1.807, 2.05) is 59.7 Å². The summed E-state index contributed by atoms with van der Waals surface area (Å²) in [6.07, 6.45) is 0.537. The second-order valence-corrected chi connectivity index (χ2v) is 8.16. The number of hydrogen-bond acceptors (Lipinski definition) is 5. The summed E-state index contributed by atoms with van der Waals surface area (Å²) in [5, 5.41) is 0.492. The standard InChI is InChI=1S/C22H28N4O3/c1-7-17-24-20-19(21(28)26(17)16-11-9-8-10-15(16)23)13(2)14(3)25(20)12-18(27)29-22(4,5)6/h8-11H,7,12,23H2,1-6H3. The molecular formula is C22H28N4O3. The minimum absolute atomic E-state index is 0.000523. The van der Waals surface area contributed by atoms with E-state index < -0.39 is 5.60 Å². The van der Waals surface area contributed by atoms with Crippen molar-refractivity contribution < 1.29 is 9.53 Å². The number of fused-ring (bicyclic) bond motifs is 1. The van der Waals surface area contributed by atoms with Crippen LogP contribution in [0.4, 0.5) is 5.69 Å². The largest absolute Gasteiger partial charge is 0.459 e. The van der Waals surface area contributed by atoms with Crippen LogP contribution in [0.2, 0.25) is 0 Å². The van der Waals surface area contributed by atoms with E-state index in [0.29, 0.717) is 34.7 Å². The normalized spacial score (nSPS) is 11.8. The molecule has 29 heavy (non-hydrogen) atoms. The van der Waals surface area contributed by atoms with Gasteiger partial charge in [0.1, 0.15) is 23.6 Å². The van der Waals surface area contributed by atoms with Gasteiger partial charge in [0.15, 0.2) is 0 Å². The summed E-state index contributed by atoms with van der Waals surface area (Å²) < 4.78 is 8.80. The number of hydrogen-bond donors (Lipinski definition) is 1. The van der Waals surface area contributed by atoms with Gasteiger partial charge in [-0.15, -0.1) is 0 Å². The molecule has 2 heterocycles. The molecule has 0 saturated heterocycles. The van der Waals surface area contributed by atoms with Gasteiger partial charge in [-0.2, -0.15) is 0 Å². The van der Waals surface area contributed by atoms with Crippen molar-refractivity contribution in [1.29, 1.82) is 0 Å². The number of aromatic nitrogens is 3. The predicted molar refractivity (Wildman–Crippen MR) is 114 cm³/mol. The van der Waals surface area contributed by atoms with Crippen LogP contribution in [0.5, 0.6) is 0 Å². The molecule has 0 atom stereocenters. The lowest BCUT2D eigenvalue weighted by Crippen LogP contribution is -2.27. The van der Waals surface area contributed by atoms with Gasteiger partial charge in [-0.1, -0.05) is 19.1 Å². The SMILES string of the molecule is CCc1nc2c(c(C)c(C)n2CC(=O)OC(C)(C)C)c(=O)n1-c1ccccc1N. The fourth-order valence-electron chi connectivity index (χ4n) is 3.49. The number of anilines is 1. The number of nitrogens with zero attached hydrogens (tertiary/aromatic N) is 3. The Hall–Kier alpha value is -3.09. The summed E-state index contributed by atoms with van der Waals surface area (Å²) in [7, 11) is 0. The summed E-state index contributed by atoms with van der Waals surface area (Å²) in [6, 6.07) is 7.24. The van der Waals surface area contributed by atoms with E-state index in [9.17, 15) is 9.59 Å². The number of para-hydroxylation sites is 2. The first-order valence-electron chi connectivity index (χ1n) is 9.73. The van der Waals surface area contributed by atoms with Crippen molar-refractivity contribution >= 4 is 22.7 Å². The molecule has 7 nitrogen and oxygen atoms in total. The Kier molecular flexibility index (Phi) is 5.26. The van der Waals surface area contributed by atoms with Crippen molar-refractivity contribution in [2.45, 2.75) is 60.1 Å². The number of aryl methyl sites for hydroxylation is 2. The zero-order chi connectivity index (χ0) is 21.5. The maximum atomic E-state index is 13.5. The van der Waals surface area contributed by atoms with E-state index in [0.717, 1.165) is 11.3 Å². The van der Waals surface area contributed by atoms with E-state index in [2.05, 4.69) is 0 Å². The highest BCUT2D eigenvalue weighted by Gasteiger charge is 2.23. The third-order valence-corrected chi connectivity index (χ3v) is 4.91. The molecule has 0 amide bonds. The van der Waals surface area contributed by atoms with E-state index in [4.69, 9.17) is 15.5 Å². The summed E-state index contributed by atoms with van der Waals surface area (Å²) >= 11 is 0. The molecule has 0 unspecified atom stereocenters. The van der Waals surface area contributed by atoms with E-state index in [1.165, 1.54) is 0 Å². The van der Waals surface area contributed by atoms with E-state index in [-0.39, 0.29) is 18.1 Å². The maximum Gasteiger partial charge on any atom is 0.326 e. The smallest absolute Gasteiger partial charge is 0.326 e. The van der Waals surface area contributed by atoms with Gasteiger partial charge in [0.2, 0.25) is 0 Å². The van der Waals surface area contributed by atoms with E-state index in [1.54, 1.807) is 15.2 Å². The highest BCUT2D eigenvalue weighted by molar-refractivity contribution is 5.83. The Bertz CT molecular complexity index is 1150. The van der Waals surface area contributed by atoms with Gasteiger partial charge in [0, 0.05) is 12.1 Å². The molecular weight excluding hydrogens is 368 g/mol. The van der Waals surface area contributed by atoms with Crippen LogP contribution in [0, 0.1) is 13.8 Å². The van der Waals surface area contributed by atoms with Crippen LogP contribution in [0.3, 0.4) is 0 Å². The minimum Gasteiger partial charge on any atom is -0.459 e. The zero-order valence-corrected chi connectivity index (χ0v) is 17.9. The van der Waals surface area contributed by atoms with Crippen molar-refractivity contribution in [1.82, 2.24) is 14.1 Å². The fraction of sp³-hybridized carbons (Fsp3) is 0.409. The number of rotatable bonds is 4. The van der Waals surface area contributed by atoms with Crippen molar-refractivity contribution in [2.24, 2.45) is 0 Å². The molecule has 2 aromatic heterocycles. The number of carbonyl (C=O) groups is 1. The van der Waals surface area contributed by atoms with Gasteiger partial charge >= 0.3 is 5.97 Å². The number of nitrogens with two attached hydrogens (primary N) is 1. The van der Waals surface area contributed by atoms with Crippen molar-refractivity contribution in [3.63, 3.8) is 0 Å². The Morgan fingerprint density at radius 2 is 1.86 bits per heavy atom. The summed E-state index contributed by atoms with van der Waals surface area (Å²) in [4.78, 5) is 30.7. The van der Waals surface area contributed by atoms with Gasteiger partial charge in [-0.05, 0) is 52.3 Å². The molecule has 1 aromatic carbocycles. The molecule has 0 aliphatic heterocycles. The summed E-state index contributed by atoms with van der Waals surface area (Å²) in [5.74, 6) is 0.220. The Morgan fingerprint density at radius 3 is 2.45 bits per heavy atom. The van der Waals surface area contributed by atoms with Gasteiger partial charge in [-0.3, -0.25) is 14.2 Å². The third kappa shape index (κ3) is 3.77. The molecule has 0 spiro atoms. The van der Waals surface area contributed by atoms with E-state index >= 15 is 0 Å². The van der Waals surface area contributed by atoms with Gasteiger partial charge in [-0.25, -0.2) is 4.98 Å². The van der Waals surface area contributed by atoms with Crippen LogP contribution in [-0.4, -0.2) is 25.7 Å². The van der Waals surface area contributed by atoms with Crippen LogP contribution in [0.1, 0.15) is 44.8 Å². The van der Waals surface area contributed by atoms with Crippen LogP contribution in [-0.2, 0) is 22.5 Å². The third-order valence-electron chi connectivity index (χ3n) is 4.91. The second kappa shape index (κ2) is 7.39. The van der Waals surface area contributed by atoms with Crippen molar-refractivity contribution in [3.05, 3.63) is 51.7 Å². The number of benzene rings is 1. The Balaban J connectivity index is 2.25. The lowest BCUT2D eigenvalue weighted by atomic mass is 10.2. The summed E-state index contributed by atoms with van der Waals surface area (Å²) in [6.45, 7) is 11.2. The van der Waals surface area contributed by atoms with Gasteiger partial charge < -0.3 is 15.0 Å². The molecule has 2 N–H and O–H groups in total. The molecule has 7 heteroatoms. The Morgan fingerprint density at radius 1 is 1.21 bits per heavy atom. The monoisotopic (exact) mass is 396 g/mol. The highest BCUT2D eigenvalue weighted by Crippen LogP contribution is 2.24. The van der Waals surface area contributed by atoms with Crippen molar-refractivity contribution in [2.75, 3.05) is 5.73 Å². The minimum atomic E-state index is -0.581. The molecule has 0 saturated carbocycles. The van der Waals surface area contributed by atoms with Crippen molar-refractivity contribution in [3.8, 4) is 5.69 Å². The number of esters is 1. The number of nitrogen functional groups attached to an aromatic ring is 1. The average molecular weight is 396 g/mol. The quantitative estimate of drug-likeness (QED) is 0.540. The average Bonchev–Trinajstić information content (AvgIpc) is 2.86. The zero-order valence-electron chi connectivity index (χ0n) is 17.9. The Labute approximate surface area is 170 Å². The first kappa shape index (κ1) is 20.6. The maximum absolute atomic E-state index is 13.5. The lowest BCUT2D eigenvalue weighted by Gasteiger charge is -2.20. The van der Waals surface area contributed by atoms with Gasteiger partial charge in [0.25, 0.3) is 5.56 Å². The molecule has 3 rings (SSSR count). The highest BCUT2D eigenvalue weighted by atomic mass is 16.6. The predicted octanol–water partition coefficient (Wildman–Crippen LogP) is 3.29. The molecule has 154 valence electrons. The molecule has 0 fully saturated rings. The topological polar surface area (TPSA) is 92.1 Å². The molecule has 0 bridgehead atoms. The second-order valence-electron chi connectivity index (χ2n) is 8.16. The lowest BCUT2D eigenvalue weighted by molar-refractivity contribution is -0.155. The molecule has 0 aliphatic carbocycles. The molecule has 0 radical (unpaired) electrons. The van der Waals surface area contributed by atoms with Crippen LogP contribution in [0.25, 0.3) is 16.7 Å². The number of ether oxygens (including phenoxy) is 1. The van der Waals surface area contributed by atoms with Crippen LogP contribution >= 0.6 is 0 Å². The van der Waals surface area contributed by atoms with Crippen LogP contribution in [0.15, 0.2) is 29.1 Å².